The number of nitrogens with zero attached hydrogens (tertiary/aromatic N) is 1. The molecule has 0 unspecified atom stereocenters. The van der Waals surface area contributed by atoms with Crippen molar-refractivity contribution in [3.05, 3.63) is 48.0 Å². The molecule has 0 aliphatic rings. The molecule has 5 nitrogen and oxygen atoms in total. The van der Waals surface area contributed by atoms with Crippen LogP contribution in [0.2, 0.25) is 0 Å². The molecule has 2 aromatic rings. The topological polar surface area (TPSA) is 75.4 Å². The van der Waals surface area contributed by atoms with Crippen LogP contribution in [0.15, 0.2) is 42.5 Å². The van der Waals surface area contributed by atoms with Crippen molar-refractivity contribution in [3.8, 4) is 0 Å². The van der Waals surface area contributed by atoms with Crippen LogP contribution in [0.3, 0.4) is 0 Å². The van der Waals surface area contributed by atoms with E-state index in [4.69, 9.17) is 5.73 Å². The van der Waals surface area contributed by atoms with Crippen LogP contribution < -0.4 is 11.1 Å². The third-order valence-electron chi connectivity index (χ3n) is 4.15. The van der Waals surface area contributed by atoms with Gasteiger partial charge in [-0.1, -0.05) is 56.3 Å². The summed E-state index contributed by atoms with van der Waals surface area (Å²) < 4.78 is 0. The van der Waals surface area contributed by atoms with Crippen LogP contribution in [0.25, 0.3) is 10.8 Å². The highest BCUT2D eigenvalue weighted by Crippen LogP contribution is 2.19. The summed E-state index contributed by atoms with van der Waals surface area (Å²) in [4.78, 5) is 25.7. The Hall–Kier alpha value is -2.40. The zero-order chi connectivity index (χ0) is 17.7. The van der Waals surface area contributed by atoms with Crippen LogP contribution >= 0.6 is 0 Å². The number of hydrogen-bond acceptors (Lipinski definition) is 3. The maximum Gasteiger partial charge on any atom is 0.242 e. The number of likely N-dealkylation sites (N-methyl/N-ethyl adjacent to an activating group) is 1. The van der Waals surface area contributed by atoms with E-state index >= 15 is 0 Å². The number of nitrogens with one attached hydrogen (secondary N) is 1. The van der Waals surface area contributed by atoms with E-state index in [1.54, 1.807) is 11.9 Å². The lowest BCUT2D eigenvalue weighted by Gasteiger charge is -2.20. The molecule has 0 bridgehead atoms. The zero-order valence-electron chi connectivity index (χ0n) is 14.5. The van der Waals surface area contributed by atoms with Gasteiger partial charge >= 0.3 is 0 Å². The highest BCUT2D eigenvalue weighted by atomic mass is 16.2. The summed E-state index contributed by atoms with van der Waals surface area (Å²) in [5.74, 6) is -0.405. The first kappa shape index (κ1) is 17.9. The van der Waals surface area contributed by atoms with Crippen molar-refractivity contribution in [1.82, 2.24) is 10.2 Å². The lowest BCUT2D eigenvalue weighted by Crippen LogP contribution is -2.47. The second kappa shape index (κ2) is 7.93. The van der Waals surface area contributed by atoms with Gasteiger partial charge in [-0.05, 0) is 22.3 Å². The number of nitrogens with two attached hydrogens (primary N) is 1. The van der Waals surface area contributed by atoms with Crippen LogP contribution in [0.4, 0.5) is 0 Å². The fourth-order valence-corrected chi connectivity index (χ4v) is 2.49. The lowest BCUT2D eigenvalue weighted by molar-refractivity contribution is -0.132. The van der Waals surface area contributed by atoms with E-state index in [9.17, 15) is 9.59 Å². The van der Waals surface area contributed by atoms with Crippen molar-refractivity contribution in [1.29, 1.82) is 0 Å². The van der Waals surface area contributed by atoms with E-state index in [0.29, 0.717) is 6.54 Å². The maximum atomic E-state index is 12.3. The average molecular weight is 327 g/mol. The first-order valence-electron chi connectivity index (χ1n) is 8.14. The molecule has 0 radical (unpaired) electrons. The van der Waals surface area contributed by atoms with Gasteiger partial charge in [-0.15, -0.1) is 0 Å². The van der Waals surface area contributed by atoms with Crippen molar-refractivity contribution in [3.63, 3.8) is 0 Å². The lowest BCUT2D eigenvalue weighted by atomic mass is 10.0. The molecule has 24 heavy (non-hydrogen) atoms. The molecular weight excluding hydrogens is 302 g/mol. The van der Waals surface area contributed by atoms with Gasteiger partial charge in [0.2, 0.25) is 11.8 Å². The quantitative estimate of drug-likeness (QED) is 0.851. The van der Waals surface area contributed by atoms with Gasteiger partial charge in [0, 0.05) is 13.6 Å². The molecule has 128 valence electrons. The molecule has 1 atom stereocenters. The zero-order valence-corrected chi connectivity index (χ0v) is 14.5. The molecule has 2 rings (SSSR count). The predicted octanol–water partition coefficient (Wildman–Crippen LogP) is 1.90. The Morgan fingerprint density at radius 1 is 1.12 bits per heavy atom. The maximum absolute atomic E-state index is 12.3. The molecule has 5 heteroatoms. The summed E-state index contributed by atoms with van der Waals surface area (Å²) in [6, 6.07) is 13.5. The van der Waals surface area contributed by atoms with Crippen LogP contribution in [0.5, 0.6) is 0 Å². The van der Waals surface area contributed by atoms with Crippen LogP contribution in [0.1, 0.15) is 19.4 Å². The minimum absolute atomic E-state index is 0.0357. The summed E-state index contributed by atoms with van der Waals surface area (Å²) in [6.07, 6.45) is 0. The van der Waals surface area contributed by atoms with Gasteiger partial charge in [0.15, 0.2) is 0 Å². The first-order valence-corrected chi connectivity index (χ1v) is 8.14. The molecule has 0 aromatic heterocycles. The SMILES string of the molecule is CC(C)[C@H](N)C(=O)NCC(=O)N(C)Cc1cccc2ccccc12. The second-order valence-electron chi connectivity index (χ2n) is 6.38. The number of rotatable bonds is 6. The summed E-state index contributed by atoms with van der Waals surface area (Å²) in [5, 5.41) is 4.89. The first-order chi connectivity index (χ1) is 11.4. The molecule has 0 saturated carbocycles. The third kappa shape index (κ3) is 4.32. The minimum Gasteiger partial charge on any atom is -0.346 e. The Labute approximate surface area is 142 Å². The van der Waals surface area contributed by atoms with E-state index in [-0.39, 0.29) is 24.3 Å². The second-order valence-corrected chi connectivity index (χ2v) is 6.38. The van der Waals surface area contributed by atoms with Gasteiger partial charge in [0.25, 0.3) is 0 Å². The highest BCUT2D eigenvalue weighted by Gasteiger charge is 2.18. The number of carbonyl (C=O) groups excluding carboxylic acids is 2. The van der Waals surface area contributed by atoms with Gasteiger partial charge in [-0.2, -0.15) is 0 Å². The van der Waals surface area contributed by atoms with E-state index in [0.717, 1.165) is 16.3 Å². The summed E-state index contributed by atoms with van der Waals surface area (Å²) >= 11 is 0. The molecule has 0 spiro atoms. The van der Waals surface area contributed by atoms with Crippen molar-refractivity contribution in [2.45, 2.75) is 26.4 Å². The summed E-state index contributed by atoms with van der Waals surface area (Å²) in [7, 11) is 1.73. The molecule has 3 N–H and O–H groups in total. The minimum atomic E-state index is -0.596. The largest absolute Gasteiger partial charge is 0.346 e. The fourth-order valence-electron chi connectivity index (χ4n) is 2.49. The predicted molar refractivity (Wildman–Crippen MR) is 96.2 cm³/mol. The number of benzene rings is 2. The molecule has 2 aromatic carbocycles. The van der Waals surface area contributed by atoms with Gasteiger partial charge in [-0.3, -0.25) is 9.59 Å². The van der Waals surface area contributed by atoms with Crippen molar-refractivity contribution in [2.75, 3.05) is 13.6 Å². The molecule has 0 heterocycles. The van der Waals surface area contributed by atoms with Crippen molar-refractivity contribution in [2.24, 2.45) is 11.7 Å². The summed E-state index contributed by atoms with van der Waals surface area (Å²) in [5.41, 5.74) is 6.85. The Kier molecular flexibility index (Phi) is 5.93. The van der Waals surface area contributed by atoms with E-state index in [1.807, 2.05) is 56.3 Å². The van der Waals surface area contributed by atoms with Crippen LogP contribution in [-0.2, 0) is 16.1 Å². The van der Waals surface area contributed by atoms with Gasteiger partial charge in [0.05, 0.1) is 12.6 Å². The molecule has 2 amide bonds. The third-order valence-corrected chi connectivity index (χ3v) is 4.15. The van der Waals surface area contributed by atoms with Gasteiger partial charge in [-0.25, -0.2) is 0 Å². The standard InChI is InChI=1S/C19H25N3O2/c1-13(2)18(20)19(24)21-11-17(23)22(3)12-15-9-6-8-14-7-4-5-10-16(14)15/h4-10,13,18H,11-12,20H2,1-3H3,(H,21,24)/t18-/m0/s1. The number of amides is 2. The Balaban J connectivity index is 1.97. The molecule has 0 fully saturated rings. The smallest absolute Gasteiger partial charge is 0.242 e. The van der Waals surface area contributed by atoms with E-state index < -0.39 is 6.04 Å². The van der Waals surface area contributed by atoms with Crippen LogP contribution in [0, 0.1) is 5.92 Å². The Morgan fingerprint density at radius 3 is 2.50 bits per heavy atom. The van der Waals surface area contributed by atoms with Crippen LogP contribution in [-0.4, -0.2) is 36.3 Å². The van der Waals surface area contributed by atoms with E-state index in [1.165, 1.54) is 0 Å². The van der Waals surface area contributed by atoms with Crippen molar-refractivity contribution >= 4 is 22.6 Å². The number of hydrogen-bond donors (Lipinski definition) is 2. The normalized spacial score (nSPS) is 12.2. The number of carbonyl (C=O) groups is 2. The monoisotopic (exact) mass is 327 g/mol. The average Bonchev–Trinajstić information content (AvgIpc) is 2.58. The van der Waals surface area contributed by atoms with Gasteiger partial charge in [0.1, 0.15) is 0 Å². The highest BCUT2D eigenvalue weighted by molar-refractivity contribution is 5.88. The molecular formula is C19H25N3O2. The Bertz CT molecular complexity index is 722. The van der Waals surface area contributed by atoms with E-state index in [2.05, 4.69) is 5.32 Å². The molecule has 0 aliphatic heterocycles. The summed E-state index contributed by atoms with van der Waals surface area (Å²) in [6.45, 7) is 4.20. The molecule has 0 saturated heterocycles. The van der Waals surface area contributed by atoms with Crippen molar-refractivity contribution < 1.29 is 9.59 Å². The van der Waals surface area contributed by atoms with Gasteiger partial charge < -0.3 is 16.0 Å². The fraction of sp³-hybridized carbons (Fsp3) is 0.368. The number of fused-ring (bicyclic) bond motifs is 1. The molecule has 0 aliphatic carbocycles. The Morgan fingerprint density at radius 2 is 1.79 bits per heavy atom.